The van der Waals surface area contributed by atoms with Crippen LogP contribution in [0.25, 0.3) is 89.6 Å². The Balaban J connectivity index is 1.20. The van der Waals surface area contributed by atoms with Crippen molar-refractivity contribution in [2.45, 2.75) is 26.2 Å². The van der Waals surface area contributed by atoms with Crippen LogP contribution in [0.2, 0.25) is 0 Å². The Morgan fingerprint density at radius 2 is 0.918 bits per heavy atom. The highest BCUT2D eigenvalue weighted by atomic mass is 16.4. The van der Waals surface area contributed by atoms with Crippen LogP contribution in [-0.2, 0) is 5.41 Å². The highest BCUT2D eigenvalue weighted by Crippen LogP contribution is 2.56. The summed E-state index contributed by atoms with van der Waals surface area (Å²) in [4.78, 5) is 5.55. The number of nitrogens with zero attached hydrogens (tertiary/aromatic N) is 3. The lowest BCUT2D eigenvalue weighted by Gasteiger charge is -2.19. The maximum atomic E-state index is 6.19. The van der Waals surface area contributed by atoms with Crippen molar-refractivity contribution in [1.82, 2.24) is 15.2 Å². The predicted octanol–water partition coefficient (Wildman–Crippen LogP) is 11.9. The topological polar surface area (TPSA) is 51.8 Å². The van der Waals surface area contributed by atoms with Crippen LogP contribution in [-0.4, -0.2) is 15.2 Å². The first kappa shape index (κ1) is 29.0. The van der Waals surface area contributed by atoms with Gasteiger partial charge in [-0.15, -0.1) is 10.2 Å². The van der Waals surface area contributed by atoms with E-state index in [0.29, 0.717) is 11.8 Å². The molecule has 0 bridgehead atoms. The first-order chi connectivity index (χ1) is 23.9. The van der Waals surface area contributed by atoms with E-state index in [-0.39, 0.29) is 5.41 Å². The van der Waals surface area contributed by atoms with Crippen molar-refractivity contribution >= 4 is 10.8 Å². The minimum atomic E-state index is 0.0769. The lowest BCUT2D eigenvalue weighted by atomic mass is 9.87. The number of hydrogen-bond donors (Lipinski definition) is 0. The molecule has 0 saturated carbocycles. The van der Waals surface area contributed by atoms with E-state index in [1.807, 2.05) is 0 Å². The van der Waals surface area contributed by atoms with Gasteiger partial charge in [0.25, 0.3) is 0 Å². The average molecular weight is 632 g/mol. The Hall–Kier alpha value is -6.13. The summed E-state index contributed by atoms with van der Waals surface area (Å²) in [5, 5.41) is 11.3. The molecule has 0 unspecified atom stereocenters. The first-order valence-corrected chi connectivity index (χ1v) is 16.7. The molecule has 9 rings (SSSR count). The molecule has 6 aromatic carbocycles. The third kappa shape index (κ3) is 4.87. The van der Waals surface area contributed by atoms with Crippen LogP contribution in [0, 0.1) is 0 Å². The normalized spacial score (nSPS) is 12.0. The molecule has 4 heteroatoms. The second-order valence-electron chi connectivity index (χ2n) is 13.7. The van der Waals surface area contributed by atoms with Crippen molar-refractivity contribution in [3.8, 4) is 78.8 Å². The molecule has 1 aliphatic rings. The second-order valence-corrected chi connectivity index (χ2v) is 13.7. The summed E-state index contributed by atoms with van der Waals surface area (Å²) >= 11 is 0. The van der Waals surface area contributed by atoms with Crippen molar-refractivity contribution in [1.29, 1.82) is 0 Å². The third-order valence-electron chi connectivity index (χ3n) is 9.58. The van der Waals surface area contributed by atoms with Crippen LogP contribution in [0.4, 0.5) is 0 Å². The number of rotatable bonds is 5. The summed E-state index contributed by atoms with van der Waals surface area (Å²) in [6, 6.07) is 51.1. The molecule has 8 aromatic rings. The van der Waals surface area contributed by atoms with Crippen LogP contribution in [0.1, 0.15) is 26.3 Å². The largest absolute Gasteiger partial charge is 0.416 e. The molecular weight excluding hydrogens is 599 g/mol. The van der Waals surface area contributed by atoms with E-state index in [0.717, 1.165) is 44.8 Å². The zero-order chi connectivity index (χ0) is 33.1. The molecule has 0 aliphatic heterocycles. The van der Waals surface area contributed by atoms with Gasteiger partial charge in [0.15, 0.2) is 0 Å². The van der Waals surface area contributed by atoms with Crippen molar-refractivity contribution < 1.29 is 4.42 Å². The minimum Gasteiger partial charge on any atom is -0.416 e. The first-order valence-electron chi connectivity index (χ1n) is 16.7. The van der Waals surface area contributed by atoms with Crippen molar-refractivity contribution in [2.24, 2.45) is 0 Å². The van der Waals surface area contributed by atoms with Gasteiger partial charge in [0.1, 0.15) is 0 Å². The molecule has 2 aromatic heterocycles. The van der Waals surface area contributed by atoms with Crippen molar-refractivity contribution in [3.05, 3.63) is 151 Å². The van der Waals surface area contributed by atoms with Gasteiger partial charge in [-0.3, -0.25) is 0 Å². The van der Waals surface area contributed by atoms with Crippen LogP contribution >= 0.6 is 0 Å². The van der Waals surface area contributed by atoms with Gasteiger partial charge in [0, 0.05) is 38.9 Å². The van der Waals surface area contributed by atoms with E-state index in [1.54, 1.807) is 0 Å². The molecule has 0 saturated heterocycles. The number of fused-ring (bicyclic) bond motifs is 3. The van der Waals surface area contributed by atoms with E-state index >= 15 is 0 Å². The molecule has 2 heterocycles. The Morgan fingerprint density at radius 3 is 1.51 bits per heavy atom. The van der Waals surface area contributed by atoms with Crippen LogP contribution in [0.5, 0.6) is 0 Å². The van der Waals surface area contributed by atoms with E-state index in [2.05, 4.69) is 177 Å². The lowest BCUT2D eigenvalue weighted by Crippen LogP contribution is -2.10. The summed E-state index contributed by atoms with van der Waals surface area (Å²) in [7, 11) is 0. The summed E-state index contributed by atoms with van der Waals surface area (Å²) in [5.41, 5.74) is 14.3. The van der Waals surface area contributed by atoms with Gasteiger partial charge in [-0.1, -0.05) is 142 Å². The summed E-state index contributed by atoms with van der Waals surface area (Å²) in [6.45, 7) is 6.62. The maximum absolute atomic E-state index is 6.19. The van der Waals surface area contributed by atoms with Crippen LogP contribution in [0.15, 0.2) is 150 Å². The molecule has 0 spiro atoms. The van der Waals surface area contributed by atoms with E-state index < -0.39 is 0 Å². The fraction of sp³-hybridized carbons (Fsp3) is 0.0889. The maximum Gasteiger partial charge on any atom is 0.248 e. The molecule has 4 nitrogen and oxygen atoms in total. The Morgan fingerprint density at radius 1 is 0.429 bits per heavy atom. The smallest absolute Gasteiger partial charge is 0.248 e. The number of benzene rings is 6. The molecule has 0 N–H and O–H groups in total. The highest BCUT2D eigenvalue weighted by molar-refractivity contribution is 6.21. The average Bonchev–Trinajstić information content (AvgIpc) is 3.77. The molecular formula is C45H33N3O. The molecule has 49 heavy (non-hydrogen) atoms. The van der Waals surface area contributed by atoms with E-state index in [4.69, 9.17) is 9.40 Å². The van der Waals surface area contributed by atoms with Gasteiger partial charge in [-0.2, -0.15) is 0 Å². The summed E-state index contributed by atoms with van der Waals surface area (Å²) < 4.78 is 6.19. The van der Waals surface area contributed by atoms with Crippen LogP contribution in [0.3, 0.4) is 0 Å². The lowest BCUT2D eigenvalue weighted by molar-refractivity contribution is 0.582. The fourth-order valence-corrected chi connectivity index (χ4v) is 7.11. The van der Waals surface area contributed by atoms with Gasteiger partial charge in [-0.25, -0.2) is 4.98 Å². The highest BCUT2D eigenvalue weighted by Gasteiger charge is 2.31. The van der Waals surface area contributed by atoms with E-state index in [9.17, 15) is 0 Å². The zero-order valence-electron chi connectivity index (χ0n) is 27.6. The Labute approximate surface area is 285 Å². The molecule has 0 fully saturated rings. The standard InChI is InChI=1S/C45H33N3O/c1-45(2,3)34-26-24-33(25-27-34)44-48-47-43(49-44)32-22-20-31(21-23-32)41-38(29-12-6-4-7-13-29)39-35-18-10-16-28-17-11-19-36(37(28)35)40(39)42(46-41)30-14-8-5-9-15-30/h4-27H,1-3H3. The molecule has 1 aliphatic carbocycles. The fourth-order valence-electron chi connectivity index (χ4n) is 7.11. The van der Waals surface area contributed by atoms with E-state index in [1.165, 1.54) is 38.6 Å². The predicted molar refractivity (Wildman–Crippen MR) is 200 cm³/mol. The minimum absolute atomic E-state index is 0.0769. The third-order valence-corrected chi connectivity index (χ3v) is 9.58. The SMILES string of the molecule is CC(C)(C)c1ccc(-c2nnc(-c3ccc(-c4nc(-c5ccccc5)c5c(c4-c4ccccc4)-c4cccc6cccc-5c46)cc3)o2)cc1. The summed E-state index contributed by atoms with van der Waals surface area (Å²) in [5.74, 6) is 0.992. The Bertz CT molecular complexity index is 2480. The number of pyridine rings is 1. The van der Waals surface area contributed by atoms with Gasteiger partial charge < -0.3 is 4.42 Å². The van der Waals surface area contributed by atoms with Gasteiger partial charge >= 0.3 is 0 Å². The van der Waals surface area contributed by atoms with Crippen molar-refractivity contribution in [3.63, 3.8) is 0 Å². The quantitative estimate of drug-likeness (QED) is 0.190. The summed E-state index contributed by atoms with van der Waals surface area (Å²) in [6.07, 6.45) is 0. The van der Waals surface area contributed by atoms with Crippen LogP contribution < -0.4 is 0 Å². The second kappa shape index (κ2) is 11.2. The zero-order valence-corrected chi connectivity index (χ0v) is 27.6. The number of aromatic nitrogens is 3. The molecule has 0 radical (unpaired) electrons. The van der Waals surface area contributed by atoms with Crippen molar-refractivity contribution in [2.75, 3.05) is 0 Å². The monoisotopic (exact) mass is 631 g/mol. The van der Waals surface area contributed by atoms with Gasteiger partial charge in [0.05, 0.1) is 11.4 Å². The molecule has 0 atom stereocenters. The molecule has 234 valence electrons. The molecule has 0 amide bonds. The van der Waals surface area contributed by atoms with Gasteiger partial charge in [0.2, 0.25) is 11.8 Å². The number of hydrogen-bond acceptors (Lipinski definition) is 4. The van der Waals surface area contributed by atoms with Gasteiger partial charge in [-0.05, 0) is 62.7 Å². The Kier molecular flexibility index (Phi) is 6.66.